The number of nitrogens with two attached hydrogens (primary N) is 1. The number of nitrogens with one attached hydrogen (secondary N) is 3. The van der Waals surface area contributed by atoms with E-state index >= 15 is 0 Å². The van der Waals surface area contributed by atoms with Gasteiger partial charge in [0.1, 0.15) is 17.6 Å². The Kier molecular flexibility index (Phi) is 11.8. The first-order valence-electron chi connectivity index (χ1n) is 11.9. The van der Waals surface area contributed by atoms with Gasteiger partial charge in [-0.1, -0.05) is 30.3 Å². The number of carboxylic acids is 2. The van der Waals surface area contributed by atoms with Crippen molar-refractivity contribution in [2.24, 2.45) is 5.73 Å². The maximum atomic E-state index is 13.5. The van der Waals surface area contributed by atoms with E-state index in [0.29, 0.717) is 28.3 Å². The third kappa shape index (κ3) is 9.56. The van der Waals surface area contributed by atoms with E-state index in [0.717, 1.165) is 12.5 Å². The predicted molar refractivity (Wildman–Crippen MR) is 148 cm³/mol. The second-order valence-electron chi connectivity index (χ2n) is 8.22. The Hall–Kier alpha value is -5.26. The molecule has 7 N–H and O–H groups in total. The summed E-state index contributed by atoms with van der Waals surface area (Å²) in [5, 5.41) is 30.2. The molecule has 1 atom stereocenters. The van der Waals surface area contributed by atoms with E-state index < -0.39 is 24.6 Å². The van der Waals surface area contributed by atoms with Crippen LogP contribution < -0.4 is 30.6 Å². The normalized spacial score (nSPS) is 10.7. The molecule has 0 aliphatic carbocycles. The van der Waals surface area contributed by atoms with Gasteiger partial charge in [0.25, 0.3) is 5.97 Å². The lowest BCUT2D eigenvalue weighted by molar-refractivity contribution is -0.139. The Bertz CT molecular complexity index is 1310. The summed E-state index contributed by atoms with van der Waals surface area (Å²) in [5.41, 5.74) is 7.89. The molecule has 0 bridgehead atoms. The number of ether oxygens (including phenoxy) is 3. The number of amides is 1. The zero-order valence-corrected chi connectivity index (χ0v) is 22.3. The smallest absolute Gasteiger partial charge is 0.341 e. The average Bonchev–Trinajstić information content (AvgIpc) is 2.93. The van der Waals surface area contributed by atoms with Gasteiger partial charge in [-0.05, 0) is 35.9 Å². The minimum atomic E-state index is -1.17. The second kappa shape index (κ2) is 15.2. The Balaban J connectivity index is 0.00000131. The van der Waals surface area contributed by atoms with Gasteiger partial charge in [0.15, 0.2) is 18.1 Å². The number of carbonyl (C=O) groups excluding carboxylic acids is 1. The van der Waals surface area contributed by atoms with Crippen LogP contribution >= 0.6 is 0 Å². The van der Waals surface area contributed by atoms with Gasteiger partial charge in [0.2, 0.25) is 5.91 Å². The van der Waals surface area contributed by atoms with Gasteiger partial charge in [-0.15, -0.1) is 0 Å². The van der Waals surface area contributed by atoms with Crippen molar-refractivity contribution in [3.05, 3.63) is 83.4 Å². The zero-order valence-electron chi connectivity index (χ0n) is 22.3. The van der Waals surface area contributed by atoms with Crippen molar-refractivity contribution in [1.82, 2.24) is 5.32 Å². The van der Waals surface area contributed by atoms with Crippen molar-refractivity contribution < 1.29 is 38.8 Å². The Morgan fingerprint density at radius 3 is 2.02 bits per heavy atom. The number of rotatable bonds is 12. The summed E-state index contributed by atoms with van der Waals surface area (Å²) in [7, 11) is 2.90. The van der Waals surface area contributed by atoms with Crippen LogP contribution in [0.2, 0.25) is 0 Å². The molecule has 0 aliphatic rings. The molecule has 40 heavy (non-hydrogen) atoms. The highest BCUT2D eigenvalue weighted by atomic mass is 16.5. The van der Waals surface area contributed by atoms with E-state index in [4.69, 9.17) is 40.4 Å². The minimum absolute atomic E-state index is 0.0806. The zero-order chi connectivity index (χ0) is 29.7. The maximum Gasteiger partial charge on any atom is 0.341 e. The number of benzene rings is 3. The number of methoxy groups -OCH3 is 2. The monoisotopic (exact) mass is 552 g/mol. The highest BCUT2D eigenvalue weighted by Gasteiger charge is 2.27. The molecule has 0 fully saturated rings. The summed E-state index contributed by atoms with van der Waals surface area (Å²) < 4.78 is 16.3. The van der Waals surface area contributed by atoms with E-state index in [-0.39, 0.29) is 24.0 Å². The largest absolute Gasteiger partial charge is 0.493 e. The van der Waals surface area contributed by atoms with Crippen molar-refractivity contribution in [2.45, 2.75) is 19.5 Å². The van der Waals surface area contributed by atoms with Crippen LogP contribution in [0.5, 0.6) is 17.2 Å². The maximum absolute atomic E-state index is 13.5. The quantitative estimate of drug-likeness (QED) is 0.144. The molecule has 0 aliphatic heterocycles. The highest BCUT2D eigenvalue weighted by Crippen LogP contribution is 2.39. The van der Waals surface area contributed by atoms with E-state index in [2.05, 4.69) is 10.6 Å². The van der Waals surface area contributed by atoms with Crippen molar-refractivity contribution in [1.29, 1.82) is 5.41 Å². The van der Waals surface area contributed by atoms with Crippen molar-refractivity contribution >= 4 is 29.4 Å². The average molecular weight is 553 g/mol. The summed E-state index contributed by atoms with van der Waals surface area (Å²) in [6.07, 6.45) is 0. The molecule has 12 heteroatoms. The standard InChI is InChI=1S/C26H28N4O6.C2H4O2/c1-34-21-12-19(20(13-22(21)35-2)36-15-23(31)32)24(26(33)29-14-16-6-4-3-5-7-16)30-18-10-8-17(9-11-18)25(27)28;1-2(3)4/h3-13,24,30H,14-15H2,1-2H3,(H3,27,28)(H,29,33)(H,31,32);1H3,(H,3,4). The molecule has 212 valence electrons. The number of aliphatic carboxylic acids is 2. The fraction of sp³-hybridized carbons (Fsp3) is 0.214. The number of hydrogen-bond donors (Lipinski definition) is 6. The number of anilines is 1. The van der Waals surface area contributed by atoms with Crippen molar-refractivity contribution in [3.8, 4) is 17.2 Å². The molecule has 0 saturated carbocycles. The van der Waals surface area contributed by atoms with Crippen molar-refractivity contribution in [3.63, 3.8) is 0 Å². The van der Waals surface area contributed by atoms with Crippen LogP contribution in [0, 0.1) is 5.41 Å². The Morgan fingerprint density at radius 2 is 1.50 bits per heavy atom. The van der Waals surface area contributed by atoms with Crippen molar-refractivity contribution in [2.75, 3.05) is 26.1 Å². The molecule has 1 unspecified atom stereocenters. The fourth-order valence-corrected chi connectivity index (χ4v) is 3.45. The Labute approximate surface area is 231 Å². The molecule has 0 aromatic heterocycles. The van der Waals surface area contributed by atoms with Crippen LogP contribution in [0.25, 0.3) is 0 Å². The third-order valence-electron chi connectivity index (χ3n) is 5.26. The molecule has 0 heterocycles. The SMILES string of the molecule is CC(=O)O.COc1cc(OCC(=O)O)c(C(Nc2ccc(C(=N)N)cc2)C(=O)NCc2ccccc2)cc1OC. The topological polar surface area (TPSA) is 193 Å². The van der Waals surface area contributed by atoms with Gasteiger partial charge in [-0.25, -0.2) is 4.79 Å². The van der Waals surface area contributed by atoms with E-state index in [9.17, 15) is 9.59 Å². The highest BCUT2D eigenvalue weighted by molar-refractivity contribution is 5.95. The number of amidine groups is 1. The predicted octanol–water partition coefficient (Wildman–Crippen LogP) is 3.01. The second-order valence-corrected chi connectivity index (χ2v) is 8.22. The van der Waals surface area contributed by atoms with Crippen LogP contribution in [0.1, 0.15) is 29.7 Å². The summed E-state index contributed by atoms with van der Waals surface area (Å²) in [6, 6.07) is 18.1. The van der Waals surface area contributed by atoms with Gasteiger partial charge >= 0.3 is 5.97 Å². The van der Waals surface area contributed by atoms with Gasteiger partial charge < -0.3 is 40.8 Å². The van der Waals surface area contributed by atoms with Gasteiger partial charge in [-0.2, -0.15) is 0 Å². The van der Waals surface area contributed by atoms with Gasteiger partial charge in [0, 0.05) is 36.3 Å². The molecule has 3 aromatic rings. The number of carbonyl (C=O) groups is 3. The lowest BCUT2D eigenvalue weighted by Gasteiger charge is -2.24. The summed E-state index contributed by atoms with van der Waals surface area (Å²) in [4.78, 5) is 33.7. The molecule has 3 rings (SSSR count). The van der Waals surface area contributed by atoms with Crippen LogP contribution in [-0.2, 0) is 20.9 Å². The molecule has 3 aromatic carbocycles. The lowest BCUT2D eigenvalue weighted by Crippen LogP contribution is -2.33. The molecule has 12 nitrogen and oxygen atoms in total. The van der Waals surface area contributed by atoms with Crippen LogP contribution in [-0.4, -0.2) is 54.7 Å². The Morgan fingerprint density at radius 1 is 0.925 bits per heavy atom. The molecule has 1 amide bonds. The molecule has 0 saturated heterocycles. The third-order valence-corrected chi connectivity index (χ3v) is 5.26. The van der Waals surface area contributed by atoms with Crippen LogP contribution in [0.4, 0.5) is 5.69 Å². The lowest BCUT2D eigenvalue weighted by atomic mass is 10.0. The van der Waals surface area contributed by atoms with E-state index in [1.165, 1.54) is 20.3 Å². The molecule has 0 radical (unpaired) electrons. The molecule has 0 spiro atoms. The minimum Gasteiger partial charge on any atom is -0.493 e. The fourth-order valence-electron chi connectivity index (χ4n) is 3.45. The van der Waals surface area contributed by atoms with E-state index in [1.807, 2.05) is 30.3 Å². The first-order chi connectivity index (χ1) is 19.0. The number of nitrogen functional groups attached to an aromatic ring is 1. The summed E-state index contributed by atoms with van der Waals surface area (Å²) in [5.74, 6) is -1.68. The molecular formula is C28H32N4O8. The van der Waals surface area contributed by atoms with E-state index in [1.54, 1.807) is 30.3 Å². The van der Waals surface area contributed by atoms with Crippen LogP contribution in [0.3, 0.4) is 0 Å². The number of hydrogen-bond acceptors (Lipinski definition) is 8. The number of carboxylic acid groups (broad SMARTS) is 2. The first kappa shape index (κ1) is 31.0. The van der Waals surface area contributed by atoms with Crippen LogP contribution in [0.15, 0.2) is 66.7 Å². The first-order valence-corrected chi connectivity index (χ1v) is 11.9. The summed E-state index contributed by atoms with van der Waals surface area (Å²) in [6.45, 7) is 0.744. The van der Waals surface area contributed by atoms with Gasteiger partial charge in [-0.3, -0.25) is 15.0 Å². The summed E-state index contributed by atoms with van der Waals surface area (Å²) >= 11 is 0. The van der Waals surface area contributed by atoms with Gasteiger partial charge in [0.05, 0.1) is 14.2 Å². The molecular weight excluding hydrogens is 520 g/mol.